The summed E-state index contributed by atoms with van der Waals surface area (Å²) in [6.45, 7) is 1.94. The van der Waals surface area contributed by atoms with Crippen LogP contribution in [-0.4, -0.2) is 26.4 Å². The minimum Gasteiger partial charge on any atom is -0.392 e. The Labute approximate surface area is 179 Å². The van der Waals surface area contributed by atoms with E-state index in [1.165, 1.54) is 0 Å². The molecule has 0 amide bonds. The summed E-state index contributed by atoms with van der Waals surface area (Å²) in [5, 5.41) is 37.9. The number of aliphatic hydroxyl groups is 2. The first-order valence-corrected chi connectivity index (χ1v) is 9.57. The maximum Gasteiger partial charge on any atom is 0.134 e. The van der Waals surface area contributed by atoms with Gasteiger partial charge in [0.2, 0.25) is 0 Å². The van der Waals surface area contributed by atoms with Crippen LogP contribution in [0.25, 0.3) is 17.2 Å². The van der Waals surface area contributed by atoms with E-state index in [2.05, 4.69) is 17.1 Å². The third-order valence-corrected chi connectivity index (χ3v) is 5.18. The van der Waals surface area contributed by atoms with Crippen molar-refractivity contribution < 1.29 is 10.2 Å². The topological polar surface area (TPSA) is 106 Å². The summed E-state index contributed by atoms with van der Waals surface area (Å²) in [6.07, 6.45) is 4.93. The van der Waals surface area contributed by atoms with Gasteiger partial charge in [0.05, 0.1) is 36.1 Å². The van der Waals surface area contributed by atoms with E-state index in [0.29, 0.717) is 28.9 Å². The summed E-state index contributed by atoms with van der Waals surface area (Å²) in [5.41, 5.74) is 5.47. The minimum atomic E-state index is -0.221. The molecule has 150 valence electrons. The molecule has 0 saturated heterocycles. The highest BCUT2D eigenvalue weighted by Gasteiger charge is 2.20. The summed E-state index contributed by atoms with van der Waals surface area (Å²) < 4.78 is 1.96. The van der Waals surface area contributed by atoms with Crippen LogP contribution in [0.2, 0.25) is 5.15 Å². The molecule has 0 aliphatic heterocycles. The van der Waals surface area contributed by atoms with E-state index in [-0.39, 0.29) is 18.4 Å². The van der Waals surface area contributed by atoms with Crippen LogP contribution in [0.1, 0.15) is 33.6 Å². The lowest BCUT2D eigenvalue weighted by Gasteiger charge is -2.11. The summed E-state index contributed by atoms with van der Waals surface area (Å²) in [6, 6.07) is 13.2. The molecule has 6 nitrogen and oxygen atoms in total. The summed E-state index contributed by atoms with van der Waals surface area (Å²) in [7, 11) is 0. The zero-order valence-corrected chi connectivity index (χ0v) is 17.1. The number of rotatable bonds is 6. The van der Waals surface area contributed by atoms with E-state index in [1.807, 2.05) is 23.6 Å². The van der Waals surface area contributed by atoms with Crippen molar-refractivity contribution in [2.75, 3.05) is 6.61 Å². The van der Waals surface area contributed by atoms with E-state index >= 15 is 0 Å². The quantitative estimate of drug-likeness (QED) is 0.592. The second kappa shape index (κ2) is 9.39. The molecule has 30 heavy (non-hydrogen) atoms. The number of benzene rings is 1. The molecule has 0 spiro atoms. The van der Waals surface area contributed by atoms with Gasteiger partial charge in [-0.2, -0.15) is 10.5 Å². The van der Waals surface area contributed by atoms with Crippen LogP contribution < -0.4 is 0 Å². The van der Waals surface area contributed by atoms with Gasteiger partial charge in [-0.3, -0.25) is 0 Å². The van der Waals surface area contributed by atoms with Gasteiger partial charge in [-0.05, 0) is 42.3 Å². The Bertz CT molecular complexity index is 1180. The van der Waals surface area contributed by atoms with Gasteiger partial charge >= 0.3 is 0 Å². The normalized spacial score (nSPS) is 10.9. The lowest BCUT2D eigenvalue weighted by Crippen LogP contribution is -2.06. The summed E-state index contributed by atoms with van der Waals surface area (Å²) in [5.74, 6) is 0. The number of halogens is 1. The lowest BCUT2D eigenvalue weighted by molar-refractivity contribution is 0.281. The van der Waals surface area contributed by atoms with Crippen molar-refractivity contribution in [1.82, 2.24) is 9.55 Å². The van der Waals surface area contributed by atoms with Crippen molar-refractivity contribution >= 4 is 17.7 Å². The van der Waals surface area contributed by atoms with Crippen molar-refractivity contribution in [2.24, 2.45) is 0 Å². The van der Waals surface area contributed by atoms with Crippen LogP contribution in [0.3, 0.4) is 0 Å². The van der Waals surface area contributed by atoms with Crippen molar-refractivity contribution in [2.45, 2.75) is 20.1 Å². The predicted molar refractivity (Wildman–Crippen MR) is 114 cm³/mol. The molecular weight excluding hydrogens is 400 g/mol. The van der Waals surface area contributed by atoms with Gasteiger partial charge in [-0.15, -0.1) is 0 Å². The monoisotopic (exact) mass is 418 g/mol. The van der Waals surface area contributed by atoms with E-state index in [1.54, 1.807) is 36.5 Å². The average Bonchev–Trinajstić information content (AvgIpc) is 3.04. The molecule has 0 fully saturated rings. The van der Waals surface area contributed by atoms with E-state index in [9.17, 15) is 15.5 Å². The fourth-order valence-corrected chi connectivity index (χ4v) is 3.56. The summed E-state index contributed by atoms with van der Waals surface area (Å²) >= 11 is 6.00. The van der Waals surface area contributed by atoms with Crippen LogP contribution in [0.15, 0.2) is 42.6 Å². The van der Waals surface area contributed by atoms with Gasteiger partial charge in [0.15, 0.2) is 0 Å². The standard InChI is InChI=1S/C23H19ClN4O2/c1-15-22(18-6-4-16(10-25)5-7-18)20(11-26)21(3-2-8-29)28(15)13-17-9-19(14-30)23(24)27-12-17/h2-7,9,12,29-30H,8,13-14H2,1H3. The number of nitrogens with zero attached hydrogens (tertiary/aromatic N) is 4. The van der Waals surface area contributed by atoms with Gasteiger partial charge in [-0.25, -0.2) is 4.98 Å². The summed E-state index contributed by atoms with van der Waals surface area (Å²) in [4.78, 5) is 4.13. The van der Waals surface area contributed by atoms with Gasteiger partial charge in [0.1, 0.15) is 11.2 Å². The van der Waals surface area contributed by atoms with Crippen LogP contribution in [0, 0.1) is 29.6 Å². The molecule has 0 unspecified atom stereocenters. The number of aliphatic hydroxyl groups excluding tert-OH is 2. The van der Waals surface area contributed by atoms with Crippen LogP contribution in [-0.2, 0) is 13.2 Å². The largest absolute Gasteiger partial charge is 0.392 e. The van der Waals surface area contributed by atoms with Crippen LogP contribution in [0.5, 0.6) is 0 Å². The van der Waals surface area contributed by atoms with Crippen LogP contribution >= 0.6 is 11.6 Å². The van der Waals surface area contributed by atoms with Crippen molar-refractivity contribution in [3.8, 4) is 23.3 Å². The van der Waals surface area contributed by atoms with Crippen molar-refractivity contribution in [3.05, 3.63) is 81.4 Å². The zero-order valence-electron chi connectivity index (χ0n) is 16.3. The number of hydrogen-bond donors (Lipinski definition) is 2. The first-order valence-electron chi connectivity index (χ1n) is 9.19. The molecule has 2 heterocycles. The molecule has 3 aromatic rings. The Balaban J connectivity index is 2.18. The molecule has 2 aromatic heterocycles. The number of pyridine rings is 1. The smallest absolute Gasteiger partial charge is 0.134 e. The molecule has 0 saturated carbocycles. The van der Waals surface area contributed by atoms with E-state index in [4.69, 9.17) is 16.9 Å². The van der Waals surface area contributed by atoms with Crippen molar-refractivity contribution in [3.63, 3.8) is 0 Å². The number of aromatic nitrogens is 2. The average molecular weight is 419 g/mol. The second-order valence-electron chi connectivity index (χ2n) is 6.64. The Morgan fingerprint density at radius 2 is 1.90 bits per heavy atom. The highest BCUT2D eigenvalue weighted by atomic mass is 35.5. The Hall–Kier alpha value is -3.42. The molecule has 0 aliphatic carbocycles. The second-order valence-corrected chi connectivity index (χ2v) is 7.00. The number of nitriles is 2. The van der Waals surface area contributed by atoms with E-state index < -0.39 is 0 Å². The maximum atomic E-state index is 9.91. The molecular formula is C23H19ClN4O2. The third-order valence-electron chi connectivity index (χ3n) is 4.84. The minimum absolute atomic E-state index is 0.154. The fraction of sp³-hybridized carbons (Fsp3) is 0.174. The lowest BCUT2D eigenvalue weighted by atomic mass is 10.00. The first-order chi connectivity index (χ1) is 14.5. The highest BCUT2D eigenvalue weighted by molar-refractivity contribution is 6.30. The maximum absolute atomic E-state index is 9.91. The van der Waals surface area contributed by atoms with Gasteiger partial charge in [-0.1, -0.05) is 29.8 Å². The van der Waals surface area contributed by atoms with Gasteiger partial charge in [0, 0.05) is 29.6 Å². The van der Waals surface area contributed by atoms with E-state index in [0.717, 1.165) is 22.4 Å². The molecule has 0 atom stereocenters. The molecule has 0 radical (unpaired) electrons. The SMILES string of the molecule is Cc1c(-c2ccc(C#N)cc2)c(C#N)c(C=CCO)n1Cc1cnc(Cl)c(CO)c1. The van der Waals surface area contributed by atoms with Crippen LogP contribution in [0.4, 0.5) is 0 Å². The zero-order chi connectivity index (χ0) is 21.7. The van der Waals surface area contributed by atoms with Gasteiger partial charge < -0.3 is 14.8 Å². The molecule has 7 heteroatoms. The van der Waals surface area contributed by atoms with Crippen molar-refractivity contribution in [1.29, 1.82) is 10.5 Å². The predicted octanol–water partition coefficient (Wildman–Crippen LogP) is 3.80. The fourth-order valence-electron chi connectivity index (χ4n) is 3.40. The molecule has 0 aliphatic rings. The Kier molecular flexibility index (Phi) is 6.66. The first kappa shape index (κ1) is 21.3. The molecule has 2 N–H and O–H groups in total. The molecule has 0 bridgehead atoms. The van der Waals surface area contributed by atoms with Gasteiger partial charge in [0.25, 0.3) is 0 Å². The molecule has 1 aromatic carbocycles. The molecule has 3 rings (SSSR count). The highest BCUT2D eigenvalue weighted by Crippen LogP contribution is 2.34. The number of hydrogen-bond acceptors (Lipinski definition) is 5. The Morgan fingerprint density at radius 1 is 1.17 bits per heavy atom. The Morgan fingerprint density at radius 3 is 2.50 bits per heavy atom. The third kappa shape index (κ3) is 4.12.